The zero-order valence-corrected chi connectivity index (χ0v) is 9.40. The minimum Gasteiger partial charge on any atom is -0.409 e. The van der Waals surface area contributed by atoms with Gasteiger partial charge in [-0.1, -0.05) is 41.6 Å². The van der Waals surface area contributed by atoms with E-state index >= 15 is 0 Å². The van der Waals surface area contributed by atoms with Crippen LogP contribution in [0.1, 0.15) is 18.1 Å². The van der Waals surface area contributed by atoms with Gasteiger partial charge in [-0.15, -0.1) is 0 Å². The molecule has 16 heavy (non-hydrogen) atoms. The molecule has 0 aliphatic rings. The molecule has 86 valence electrons. The summed E-state index contributed by atoms with van der Waals surface area (Å²) in [5.41, 5.74) is 8.40. The molecule has 4 N–H and O–H groups in total. The van der Waals surface area contributed by atoms with Crippen LogP contribution in [0.25, 0.3) is 0 Å². The van der Waals surface area contributed by atoms with Crippen molar-refractivity contribution in [2.24, 2.45) is 10.9 Å². The number of nitrogens with one attached hydrogen (secondary N) is 1. The van der Waals surface area contributed by atoms with E-state index < -0.39 is 0 Å². The second-order valence-corrected chi connectivity index (χ2v) is 3.70. The van der Waals surface area contributed by atoms with E-state index in [-0.39, 0.29) is 5.84 Å². The summed E-state index contributed by atoms with van der Waals surface area (Å²) in [6.07, 6.45) is 0. The van der Waals surface area contributed by atoms with Gasteiger partial charge in [0.15, 0.2) is 5.84 Å². The SMILES string of the molecule is C=C(C)CNCc1ccccc1/C(N)=N/O. The number of benzene rings is 1. The molecule has 0 aromatic heterocycles. The van der Waals surface area contributed by atoms with Gasteiger partial charge >= 0.3 is 0 Å². The van der Waals surface area contributed by atoms with E-state index in [0.29, 0.717) is 6.54 Å². The molecule has 1 rings (SSSR count). The van der Waals surface area contributed by atoms with Crippen molar-refractivity contribution >= 4 is 5.84 Å². The molecule has 0 amide bonds. The highest BCUT2D eigenvalue weighted by Crippen LogP contribution is 2.08. The van der Waals surface area contributed by atoms with Crippen molar-refractivity contribution in [3.05, 3.63) is 47.5 Å². The fraction of sp³-hybridized carbons (Fsp3) is 0.250. The van der Waals surface area contributed by atoms with E-state index in [1.807, 2.05) is 31.2 Å². The van der Waals surface area contributed by atoms with Gasteiger partial charge in [0.2, 0.25) is 0 Å². The first-order valence-corrected chi connectivity index (χ1v) is 5.06. The molecule has 0 atom stereocenters. The molecule has 0 fully saturated rings. The van der Waals surface area contributed by atoms with Gasteiger partial charge in [-0.3, -0.25) is 0 Å². The fourth-order valence-electron chi connectivity index (χ4n) is 1.39. The maximum Gasteiger partial charge on any atom is 0.170 e. The molecule has 4 nitrogen and oxygen atoms in total. The lowest BCUT2D eigenvalue weighted by Gasteiger charge is -2.09. The first-order valence-electron chi connectivity index (χ1n) is 5.06. The van der Waals surface area contributed by atoms with Crippen LogP contribution in [-0.4, -0.2) is 17.6 Å². The quantitative estimate of drug-likeness (QED) is 0.231. The van der Waals surface area contributed by atoms with E-state index in [1.165, 1.54) is 0 Å². The molecule has 1 aromatic carbocycles. The van der Waals surface area contributed by atoms with Crippen molar-refractivity contribution in [3.8, 4) is 0 Å². The number of rotatable bonds is 5. The van der Waals surface area contributed by atoms with Gasteiger partial charge in [-0.25, -0.2) is 0 Å². The van der Waals surface area contributed by atoms with Crippen LogP contribution < -0.4 is 11.1 Å². The van der Waals surface area contributed by atoms with Gasteiger partial charge < -0.3 is 16.3 Å². The molecule has 0 aliphatic heterocycles. The standard InChI is InChI=1S/C12H17N3O/c1-9(2)7-14-8-10-5-3-4-6-11(10)12(13)15-16/h3-6,14,16H,1,7-8H2,2H3,(H2,13,15). The number of nitrogens with zero attached hydrogens (tertiary/aromatic N) is 1. The summed E-state index contributed by atoms with van der Waals surface area (Å²) < 4.78 is 0. The van der Waals surface area contributed by atoms with Crippen LogP contribution in [-0.2, 0) is 6.54 Å². The lowest BCUT2D eigenvalue weighted by Crippen LogP contribution is -2.20. The number of hydrogen-bond donors (Lipinski definition) is 3. The summed E-state index contributed by atoms with van der Waals surface area (Å²) >= 11 is 0. The van der Waals surface area contributed by atoms with E-state index in [9.17, 15) is 0 Å². The second-order valence-electron chi connectivity index (χ2n) is 3.70. The number of amidine groups is 1. The molecule has 0 unspecified atom stereocenters. The highest BCUT2D eigenvalue weighted by molar-refractivity contribution is 5.98. The maximum atomic E-state index is 8.65. The van der Waals surface area contributed by atoms with Gasteiger partial charge in [0, 0.05) is 18.7 Å². The Morgan fingerprint density at radius 3 is 2.81 bits per heavy atom. The zero-order valence-electron chi connectivity index (χ0n) is 9.40. The van der Waals surface area contributed by atoms with Crippen LogP contribution in [0.2, 0.25) is 0 Å². The van der Waals surface area contributed by atoms with Crippen LogP contribution in [0.4, 0.5) is 0 Å². The summed E-state index contributed by atoms with van der Waals surface area (Å²) in [6.45, 7) is 7.19. The third-order valence-electron chi connectivity index (χ3n) is 2.14. The summed E-state index contributed by atoms with van der Waals surface area (Å²) in [4.78, 5) is 0. The van der Waals surface area contributed by atoms with Crippen molar-refractivity contribution in [2.75, 3.05) is 6.54 Å². The van der Waals surface area contributed by atoms with Crippen molar-refractivity contribution in [1.29, 1.82) is 0 Å². The van der Waals surface area contributed by atoms with Gasteiger partial charge in [-0.05, 0) is 12.5 Å². The maximum absolute atomic E-state index is 8.65. The van der Waals surface area contributed by atoms with E-state index in [2.05, 4.69) is 17.1 Å². The topological polar surface area (TPSA) is 70.6 Å². The van der Waals surface area contributed by atoms with Crippen LogP contribution in [0.3, 0.4) is 0 Å². The Kier molecular flexibility index (Phi) is 4.54. The zero-order chi connectivity index (χ0) is 12.0. The molecule has 0 saturated heterocycles. The molecule has 0 aliphatic carbocycles. The fourth-order valence-corrected chi connectivity index (χ4v) is 1.39. The average molecular weight is 219 g/mol. The minimum absolute atomic E-state index is 0.132. The van der Waals surface area contributed by atoms with Gasteiger partial charge in [0.1, 0.15) is 0 Å². The Labute approximate surface area is 95.5 Å². The summed E-state index contributed by atoms with van der Waals surface area (Å²) in [5.74, 6) is 0.132. The monoisotopic (exact) mass is 219 g/mol. The van der Waals surface area contributed by atoms with Crippen molar-refractivity contribution in [3.63, 3.8) is 0 Å². The second kappa shape index (κ2) is 5.92. The molecule has 0 radical (unpaired) electrons. The molecule has 4 heteroatoms. The highest BCUT2D eigenvalue weighted by Gasteiger charge is 2.05. The molecular weight excluding hydrogens is 202 g/mol. The van der Waals surface area contributed by atoms with Crippen LogP contribution >= 0.6 is 0 Å². The Morgan fingerprint density at radius 2 is 2.19 bits per heavy atom. The van der Waals surface area contributed by atoms with Gasteiger partial charge in [0.05, 0.1) is 0 Å². The highest BCUT2D eigenvalue weighted by atomic mass is 16.4. The Bertz CT molecular complexity index is 399. The van der Waals surface area contributed by atoms with Gasteiger partial charge in [-0.2, -0.15) is 0 Å². The normalized spacial score (nSPS) is 11.4. The third-order valence-corrected chi connectivity index (χ3v) is 2.14. The Morgan fingerprint density at radius 1 is 1.50 bits per heavy atom. The van der Waals surface area contributed by atoms with Crippen molar-refractivity contribution in [1.82, 2.24) is 5.32 Å². The van der Waals surface area contributed by atoms with E-state index in [4.69, 9.17) is 10.9 Å². The number of hydrogen-bond acceptors (Lipinski definition) is 3. The summed E-state index contributed by atoms with van der Waals surface area (Å²) in [5, 5.41) is 14.9. The smallest absolute Gasteiger partial charge is 0.170 e. The molecule has 0 spiro atoms. The Balaban J connectivity index is 2.75. The third kappa shape index (κ3) is 3.40. The predicted octanol–water partition coefficient (Wildman–Crippen LogP) is 1.45. The largest absolute Gasteiger partial charge is 0.409 e. The molecule has 0 heterocycles. The minimum atomic E-state index is 0.132. The molecular formula is C12H17N3O. The lowest BCUT2D eigenvalue weighted by molar-refractivity contribution is 0.318. The summed E-state index contributed by atoms with van der Waals surface area (Å²) in [6, 6.07) is 7.55. The molecule has 1 aromatic rings. The molecule has 0 saturated carbocycles. The van der Waals surface area contributed by atoms with E-state index in [1.54, 1.807) is 0 Å². The van der Waals surface area contributed by atoms with Crippen LogP contribution in [0, 0.1) is 0 Å². The van der Waals surface area contributed by atoms with Gasteiger partial charge in [0.25, 0.3) is 0 Å². The number of nitrogens with two attached hydrogens (primary N) is 1. The van der Waals surface area contributed by atoms with Crippen molar-refractivity contribution < 1.29 is 5.21 Å². The average Bonchev–Trinajstić information content (AvgIpc) is 2.28. The van der Waals surface area contributed by atoms with E-state index in [0.717, 1.165) is 23.2 Å². The first kappa shape index (κ1) is 12.3. The first-order chi connectivity index (χ1) is 7.65. The number of oxime groups is 1. The summed E-state index contributed by atoms with van der Waals surface area (Å²) in [7, 11) is 0. The molecule has 0 bridgehead atoms. The Hall–Kier alpha value is -1.81. The van der Waals surface area contributed by atoms with Crippen LogP contribution in [0.15, 0.2) is 41.6 Å². The van der Waals surface area contributed by atoms with Crippen molar-refractivity contribution in [2.45, 2.75) is 13.5 Å². The van der Waals surface area contributed by atoms with Crippen LogP contribution in [0.5, 0.6) is 0 Å². The predicted molar refractivity (Wildman–Crippen MR) is 65.5 cm³/mol. The lowest BCUT2D eigenvalue weighted by atomic mass is 10.1.